The third-order valence-electron chi connectivity index (χ3n) is 7.02. The summed E-state index contributed by atoms with van der Waals surface area (Å²) in [5, 5.41) is 2.21. The zero-order valence-electron chi connectivity index (χ0n) is 20.3. The van der Waals surface area contributed by atoms with Gasteiger partial charge in [-0.1, -0.05) is 35.6 Å². The molecule has 2 fully saturated rings. The second kappa shape index (κ2) is 7.68. The maximum absolute atomic E-state index is 5.96. The van der Waals surface area contributed by atoms with Crippen molar-refractivity contribution in [2.75, 3.05) is 0 Å². The lowest BCUT2D eigenvalue weighted by Crippen LogP contribution is -2.41. The Hall–Kier alpha value is -2.21. The maximum atomic E-state index is 5.96. The van der Waals surface area contributed by atoms with E-state index >= 15 is 0 Å². The summed E-state index contributed by atoms with van der Waals surface area (Å²) in [7, 11) is -1.07. The minimum Gasteiger partial charge on any atom is -0.392 e. The van der Waals surface area contributed by atoms with Gasteiger partial charge in [-0.15, -0.1) is 0 Å². The molecule has 2 aliphatic heterocycles. The van der Waals surface area contributed by atoms with Crippen LogP contribution in [0.1, 0.15) is 66.5 Å². The van der Waals surface area contributed by atoms with Crippen LogP contribution >= 0.6 is 0 Å². The molecule has 6 heteroatoms. The third-order valence-corrected chi connectivity index (χ3v) is 7.02. The lowest BCUT2D eigenvalue weighted by Gasteiger charge is -2.32. The fourth-order valence-corrected chi connectivity index (χ4v) is 3.49. The second-order valence-electron chi connectivity index (χ2n) is 10.5. The Kier molecular flexibility index (Phi) is 5.51. The number of hydrogen-bond acceptors (Lipinski definition) is 4. The molecule has 0 aromatic heterocycles. The van der Waals surface area contributed by atoms with Crippen molar-refractivity contribution in [3.05, 3.63) is 47.5 Å². The summed E-state index contributed by atoms with van der Waals surface area (Å²) in [6.07, 6.45) is 0. The van der Waals surface area contributed by atoms with E-state index in [0.29, 0.717) is 0 Å². The maximum Gasteiger partial charge on any atom is 0.551 e. The number of rotatable bonds is 0. The van der Waals surface area contributed by atoms with E-state index in [2.05, 4.69) is 47.7 Å². The van der Waals surface area contributed by atoms with Crippen LogP contribution < -0.4 is 0 Å². The Morgan fingerprint density at radius 1 is 0.531 bits per heavy atom. The minimum absolute atomic E-state index is 0.388. The van der Waals surface area contributed by atoms with E-state index < -0.39 is 14.2 Å². The van der Waals surface area contributed by atoms with Crippen molar-refractivity contribution in [2.45, 2.75) is 77.8 Å². The molecule has 0 saturated carbocycles. The monoisotopic (exact) mass is 428 g/mol. The summed E-state index contributed by atoms with van der Waals surface area (Å²) >= 11 is 0. The van der Waals surface area contributed by atoms with E-state index in [0.717, 1.165) is 21.9 Å². The predicted octanol–water partition coefficient (Wildman–Crippen LogP) is 4.81. The van der Waals surface area contributed by atoms with Gasteiger partial charge in [-0.25, -0.2) is 0 Å². The standard InChI is InChI=1S/C26H30B2O4/c1-23(2)24(3,4)30-27(29-23)15-13-19-9-11-21-12-10-20(18-22(21)17-19)14-16-28-31-25(5,6)26(7,8)32-28/h9-12,17-18H,1-8H3. The topological polar surface area (TPSA) is 36.9 Å². The summed E-state index contributed by atoms with van der Waals surface area (Å²) in [5.74, 6) is 12.6. The van der Waals surface area contributed by atoms with Crippen molar-refractivity contribution in [1.29, 1.82) is 0 Å². The van der Waals surface area contributed by atoms with Gasteiger partial charge in [0.2, 0.25) is 0 Å². The molecule has 0 aliphatic carbocycles. The Labute approximate surface area is 192 Å². The van der Waals surface area contributed by atoms with Crippen LogP contribution in [0.2, 0.25) is 0 Å². The summed E-state index contributed by atoms with van der Waals surface area (Å²) in [6.45, 7) is 16.2. The van der Waals surface area contributed by atoms with Crippen LogP contribution in [0.25, 0.3) is 10.8 Å². The highest BCUT2D eigenvalue weighted by Gasteiger charge is 2.51. The van der Waals surface area contributed by atoms with Crippen LogP contribution in [0, 0.1) is 23.5 Å². The fourth-order valence-electron chi connectivity index (χ4n) is 3.49. The molecule has 2 aliphatic rings. The van der Waals surface area contributed by atoms with E-state index in [1.807, 2.05) is 67.5 Å². The van der Waals surface area contributed by atoms with E-state index in [1.165, 1.54) is 0 Å². The van der Waals surface area contributed by atoms with Crippen LogP contribution in [0.4, 0.5) is 0 Å². The van der Waals surface area contributed by atoms with Crippen molar-refractivity contribution in [3.63, 3.8) is 0 Å². The zero-order chi connectivity index (χ0) is 23.4. The van der Waals surface area contributed by atoms with Crippen LogP contribution in [-0.4, -0.2) is 36.6 Å². The highest BCUT2D eigenvalue weighted by Crippen LogP contribution is 2.37. The van der Waals surface area contributed by atoms with Gasteiger partial charge in [-0.05, 0) is 90.4 Å². The van der Waals surface area contributed by atoms with Gasteiger partial charge in [0, 0.05) is 11.1 Å². The molecular formula is C26H30B2O4. The first-order valence-electron chi connectivity index (χ1n) is 11.1. The van der Waals surface area contributed by atoms with Crippen molar-refractivity contribution in [1.82, 2.24) is 0 Å². The molecule has 0 amide bonds. The quantitative estimate of drug-likeness (QED) is 0.446. The first-order valence-corrected chi connectivity index (χ1v) is 11.1. The van der Waals surface area contributed by atoms with Gasteiger partial charge in [0.1, 0.15) is 0 Å². The van der Waals surface area contributed by atoms with Gasteiger partial charge < -0.3 is 18.6 Å². The van der Waals surface area contributed by atoms with Crippen molar-refractivity contribution in [3.8, 4) is 23.5 Å². The SMILES string of the molecule is CC1(C)OB(C#Cc2ccc3ccc(C#CB4OC(C)(C)C(C)(C)O4)cc3c2)OC1(C)C. The lowest BCUT2D eigenvalue weighted by atomic mass is 9.90. The van der Waals surface area contributed by atoms with E-state index in [9.17, 15) is 0 Å². The molecule has 2 aromatic carbocycles. The fraction of sp³-hybridized carbons (Fsp3) is 0.462. The summed E-state index contributed by atoms with van der Waals surface area (Å²) in [5.41, 5.74) is 0.258. The smallest absolute Gasteiger partial charge is 0.392 e. The molecule has 0 unspecified atom stereocenters. The van der Waals surface area contributed by atoms with Crippen LogP contribution in [0.3, 0.4) is 0 Å². The average Bonchev–Trinajstić information content (AvgIpc) is 3.03. The summed E-state index contributed by atoms with van der Waals surface area (Å²) < 4.78 is 23.9. The normalized spacial score (nSPS) is 22.2. The predicted molar refractivity (Wildman–Crippen MR) is 130 cm³/mol. The largest absolute Gasteiger partial charge is 0.551 e. The molecule has 2 aromatic rings. The number of hydrogen-bond donors (Lipinski definition) is 0. The minimum atomic E-state index is -0.534. The molecule has 0 N–H and O–H groups in total. The zero-order valence-corrected chi connectivity index (χ0v) is 20.3. The first-order chi connectivity index (χ1) is 14.8. The van der Waals surface area contributed by atoms with Crippen LogP contribution in [0.5, 0.6) is 0 Å². The number of fused-ring (bicyclic) bond motifs is 1. The molecule has 0 atom stereocenters. The third kappa shape index (κ3) is 4.34. The number of benzene rings is 2. The van der Waals surface area contributed by atoms with E-state index in [-0.39, 0.29) is 22.4 Å². The Morgan fingerprint density at radius 2 is 0.875 bits per heavy atom. The van der Waals surface area contributed by atoms with Gasteiger partial charge in [0.05, 0.1) is 22.4 Å². The van der Waals surface area contributed by atoms with Gasteiger partial charge >= 0.3 is 14.2 Å². The molecule has 2 saturated heterocycles. The van der Waals surface area contributed by atoms with E-state index in [1.54, 1.807) is 0 Å². The lowest BCUT2D eigenvalue weighted by molar-refractivity contribution is 0.00578. The Balaban J connectivity index is 1.53. The average molecular weight is 428 g/mol. The summed E-state index contributed by atoms with van der Waals surface area (Å²) in [6, 6.07) is 12.3. The van der Waals surface area contributed by atoms with Crippen LogP contribution in [-0.2, 0) is 18.6 Å². The Bertz CT molecular complexity index is 1050. The Morgan fingerprint density at radius 3 is 1.22 bits per heavy atom. The highest BCUT2D eigenvalue weighted by atomic mass is 16.7. The van der Waals surface area contributed by atoms with Crippen molar-refractivity contribution in [2.24, 2.45) is 0 Å². The molecule has 32 heavy (non-hydrogen) atoms. The second-order valence-corrected chi connectivity index (χ2v) is 10.5. The van der Waals surface area contributed by atoms with Crippen molar-refractivity contribution >= 4 is 25.0 Å². The molecule has 4 rings (SSSR count). The first kappa shape index (κ1) is 23.0. The van der Waals surface area contributed by atoms with E-state index in [4.69, 9.17) is 18.6 Å². The molecule has 0 radical (unpaired) electrons. The van der Waals surface area contributed by atoms with Gasteiger partial charge in [0.15, 0.2) is 0 Å². The highest BCUT2D eigenvalue weighted by molar-refractivity contribution is 6.55. The molecule has 4 nitrogen and oxygen atoms in total. The molecule has 0 spiro atoms. The molecular weight excluding hydrogens is 398 g/mol. The summed E-state index contributed by atoms with van der Waals surface area (Å²) in [4.78, 5) is 0. The molecule has 164 valence electrons. The van der Waals surface area contributed by atoms with Gasteiger partial charge in [0.25, 0.3) is 0 Å². The van der Waals surface area contributed by atoms with Gasteiger partial charge in [-0.2, -0.15) is 0 Å². The molecule has 0 bridgehead atoms. The molecule has 2 heterocycles. The van der Waals surface area contributed by atoms with Crippen LogP contribution in [0.15, 0.2) is 36.4 Å². The van der Waals surface area contributed by atoms with Crippen molar-refractivity contribution < 1.29 is 18.6 Å². The van der Waals surface area contributed by atoms with Gasteiger partial charge in [-0.3, -0.25) is 0 Å².